The molecule has 0 unspecified atom stereocenters. The number of hydrogen-bond donors (Lipinski definition) is 2. The molecule has 7 heteroatoms. The van der Waals surface area contributed by atoms with Crippen molar-refractivity contribution in [2.24, 2.45) is 5.73 Å². The smallest absolute Gasteiger partial charge is 0.288 e. The number of para-hydroxylation sites is 1. The van der Waals surface area contributed by atoms with Gasteiger partial charge in [-0.2, -0.15) is 8.78 Å². The van der Waals surface area contributed by atoms with Crippen molar-refractivity contribution in [3.05, 3.63) is 53.8 Å². The average molecular weight is 328 g/mol. The van der Waals surface area contributed by atoms with Crippen LogP contribution in [-0.2, 0) is 0 Å². The molecule has 0 aliphatic carbocycles. The Bertz CT molecular complexity index is 662. The van der Waals surface area contributed by atoms with Crippen molar-refractivity contribution < 1.29 is 13.2 Å². The van der Waals surface area contributed by atoms with Gasteiger partial charge in [0.05, 0.1) is 16.9 Å². The summed E-state index contributed by atoms with van der Waals surface area (Å²) in [4.78, 5) is 0.250. The topological polar surface area (TPSA) is 38.0 Å². The van der Waals surface area contributed by atoms with Gasteiger partial charge in [0.15, 0.2) is 0 Å². The van der Waals surface area contributed by atoms with Crippen molar-refractivity contribution in [3.63, 3.8) is 0 Å². The summed E-state index contributed by atoms with van der Waals surface area (Å²) >= 11 is 5.24. The zero-order valence-corrected chi connectivity index (χ0v) is 12.3. The van der Waals surface area contributed by atoms with Crippen LogP contribution in [0, 0.1) is 5.82 Å². The number of nitrogens with one attached hydrogen (secondary N) is 1. The highest BCUT2D eigenvalue weighted by molar-refractivity contribution is 7.99. The fourth-order valence-corrected chi connectivity index (χ4v) is 2.60. The lowest BCUT2D eigenvalue weighted by atomic mass is 10.1. The molecule has 2 nitrogen and oxygen atoms in total. The minimum absolute atomic E-state index is 0.0596. The molecular weight excluding hydrogens is 317 g/mol. The van der Waals surface area contributed by atoms with Crippen LogP contribution in [0.25, 0.3) is 0 Å². The summed E-state index contributed by atoms with van der Waals surface area (Å²) in [5.41, 5.74) is 6.35. The first kappa shape index (κ1) is 15.7. The maximum atomic E-state index is 13.8. The van der Waals surface area contributed by atoms with Gasteiger partial charge in [0.2, 0.25) is 0 Å². The first-order chi connectivity index (χ1) is 9.99. The fraction of sp³-hybridized carbons (Fsp3) is 0.0714. The third kappa shape index (κ3) is 3.89. The Labute approximate surface area is 129 Å². The number of anilines is 2. The number of rotatable bonds is 5. The van der Waals surface area contributed by atoms with Crippen LogP contribution in [0.2, 0.25) is 0 Å². The van der Waals surface area contributed by atoms with E-state index in [1.54, 1.807) is 30.3 Å². The van der Waals surface area contributed by atoms with Gasteiger partial charge in [0, 0.05) is 4.90 Å². The van der Waals surface area contributed by atoms with Gasteiger partial charge < -0.3 is 11.1 Å². The summed E-state index contributed by atoms with van der Waals surface area (Å²) in [6.07, 6.45) is 0. The second kappa shape index (κ2) is 6.82. The molecule has 0 bridgehead atoms. The Hall–Kier alpha value is -1.73. The van der Waals surface area contributed by atoms with Gasteiger partial charge in [0.25, 0.3) is 5.76 Å². The summed E-state index contributed by atoms with van der Waals surface area (Å²) in [5, 5.41) is 2.91. The fourth-order valence-electron chi connectivity index (χ4n) is 1.79. The van der Waals surface area contributed by atoms with E-state index in [9.17, 15) is 13.2 Å². The van der Waals surface area contributed by atoms with Crippen LogP contribution in [0.15, 0.2) is 47.4 Å². The molecule has 2 rings (SSSR count). The van der Waals surface area contributed by atoms with Gasteiger partial charge in [-0.1, -0.05) is 42.2 Å². The van der Waals surface area contributed by atoms with Crippen LogP contribution < -0.4 is 11.1 Å². The largest absolute Gasteiger partial charge is 0.389 e. The number of hydrogen-bond acceptors (Lipinski definition) is 3. The molecule has 21 heavy (non-hydrogen) atoms. The van der Waals surface area contributed by atoms with Gasteiger partial charge in [-0.15, -0.1) is 0 Å². The zero-order valence-electron chi connectivity index (χ0n) is 10.6. The minimum Gasteiger partial charge on any atom is -0.389 e. The third-order valence-electron chi connectivity index (χ3n) is 2.63. The van der Waals surface area contributed by atoms with Crippen molar-refractivity contribution in [2.75, 3.05) is 5.32 Å². The monoisotopic (exact) mass is 328 g/mol. The first-order valence-corrected chi connectivity index (χ1v) is 7.17. The van der Waals surface area contributed by atoms with Crippen LogP contribution in [0.3, 0.4) is 0 Å². The minimum atomic E-state index is -2.55. The lowest BCUT2D eigenvalue weighted by Gasteiger charge is -2.14. The SMILES string of the molecule is NC(=S)c1c(F)cccc1Nc1ccccc1SC(F)F. The molecule has 0 aromatic heterocycles. The molecule has 0 amide bonds. The van der Waals surface area contributed by atoms with Crippen molar-refractivity contribution in [1.29, 1.82) is 0 Å². The number of halogens is 3. The van der Waals surface area contributed by atoms with Crippen LogP contribution in [0.5, 0.6) is 0 Å². The van der Waals surface area contributed by atoms with Crippen LogP contribution in [0.4, 0.5) is 24.5 Å². The molecule has 0 radical (unpaired) electrons. The summed E-state index contributed by atoms with van der Waals surface area (Å²) in [6.45, 7) is 0. The maximum absolute atomic E-state index is 13.8. The van der Waals surface area contributed by atoms with Gasteiger partial charge >= 0.3 is 0 Å². The first-order valence-electron chi connectivity index (χ1n) is 5.88. The molecule has 0 atom stereocenters. The zero-order chi connectivity index (χ0) is 15.4. The molecule has 110 valence electrons. The number of thioether (sulfide) groups is 1. The highest BCUT2D eigenvalue weighted by atomic mass is 32.2. The van der Waals surface area contributed by atoms with Gasteiger partial charge in [-0.3, -0.25) is 0 Å². The number of alkyl halides is 2. The van der Waals surface area contributed by atoms with Crippen LogP contribution in [-0.4, -0.2) is 10.7 Å². The van der Waals surface area contributed by atoms with Crippen molar-refractivity contribution in [3.8, 4) is 0 Å². The molecule has 0 aliphatic heterocycles. The van der Waals surface area contributed by atoms with E-state index in [2.05, 4.69) is 5.32 Å². The second-order valence-electron chi connectivity index (χ2n) is 4.03. The molecule has 0 saturated carbocycles. The second-order valence-corrected chi connectivity index (χ2v) is 5.50. The maximum Gasteiger partial charge on any atom is 0.288 e. The highest BCUT2D eigenvalue weighted by Gasteiger charge is 2.14. The van der Waals surface area contributed by atoms with E-state index >= 15 is 0 Å². The van der Waals surface area contributed by atoms with Gasteiger partial charge in [0.1, 0.15) is 10.8 Å². The van der Waals surface area contributed by atoms with Crippen LogP contribution in [0.1, 0.15) is 5.56 Å². The van der Waals surface area contributed by atoms with Crippen molar-refractivity contribution in [2.45, 2.75) is 10.7 Å². The Morgan fingerprint density at radius 3 is 2.43 bits per heavy atom. The van der Waals surface area contributed by atoms with E-state index < -0.39 is 11.6 Å². The quantitative estimate of drug-likeness (QED) is 0.625. The third-order valence-corrected chi connectivity index (χ3v) is 3.62. The van der Waals surface area contributed by atoms with Gasteiger partial charge in [-0.25, -0.2) is 4.39 Å². The molecule has 2 aromatic rings. The van der Waals surface area contributed by atoms with Gasteiger partial charge in [-0.05, 0) is 24.3 Å². The standard InChI is InChI=1S/C14H11F3N2S2/c15-8-4-3-6-10(12(8)13(18)20)19-9-5-1-2-7-11(9)21-14(16)17/h1-7,14,19H,(H2,18,20). The lowest BCUT2D eigenvalue weighted by Crippen LogP contribution is -2.14. The summed E-state index contributed by atoms with van der Waals surface area (Å²) < 4.78 is 38.9. The molecule has 0 aliphatic rings. The Morgan fingerprint density at radius 2 is 1.76 bits per heavy atom. The van der Waals surface area contributed by atoms with E-state index in [-0.39, 0.29) is 10.6 Å². The van der Waals surface area contributed by atoms with Crippen molar-refractivity contribution in [1.82, 2.24) is 0 Å². The molecule has 2 aromatic carbocycles. The molecule has 0 fully saturated rings. The molecule has 3 N–H and O–H groups in total. The molecule has 0 heterocycles. The Balaban J connectivity index is 2.39. The number of nitrogens with two attached hydrogens (primary N) is 1. The molecular formula is C14H11F3N2S2. The summed E-state index contributed by atoms with van der Waals surface area (Å²) in [5.74, 6) is -3.11. The number of thiocarbonyl (C=S) groups is 1. The Kier molecular flexibility index (Phi) is 5.08. The average Bonchev–Trinajstić information content (AvgIpc) is 2.40. The van der Waals surface area contributed by atoms with E-state index in [0.717, 1.165) is 0 Å². The molecule has 0 spiro atoms. The number of benzene rings is 2. The lowest BCUT2D eigenvalue weighted by molar-refractivity contribution is 0.252. The van der Waals surface area contributed by atoms with E-state index in [0.29, 0.717) is 28.0 Å². The summed E-state index contributed by atoms with van der Waals surface area (Å²) in [7, 11) is 0. The van der Waals surface area contributed by atoms with Crippen LogP contribution >= 0.6 is 24.0 Å². The predicted octanol–water partition coefficient (Wildman–Crippen LogP) is 4.52. The van der Waals surface area contributed by atoms with Crippen molar-refractivity contribution >= 4 is 40.3 Å². The Morgan fingerprint density at radius 1 is 1.10 bits per heavy atom. The summed E-state index contributed by atoms with van der Waals surface area (Å²) in [6, 6.07) is 10.8. The van der Waals surface area contributed by atoms with E-state index in [1.165, 1.54) is 12.1 Å². The van der Waals surface area contributed by atoms with E-state index in [4.69, 9.17) is 18.0 Å². The predicted molar refractivity (Wildman–Crippen MR) is 83.9 cm³/mol. The normalized spacial score (nSPS) is 10.7. The molecule has 0 saturated heterocycles. The highest BCUT2D eigenvalue weighted by Crippen LogP contribution is 2.34. The van der Waals surface area contributed by atoms with E-state index in [1.807, 2.05) is 0 Å².